The van der Waals surface area contributed by atoms with Crippen LogP contribution in [0.3, 0.4) is 0 Å². The standard InChI is InChI=1S/C17H28N2OS/c1-3-5-6-7-8-9-12-19-16(15-11-10-13-21-15)18-14(4-2)17(19)20/h10-11,13-14,16,18H,3-9,12H2,1-2H3. The molecule has 21 heavy (non-hydrogen) atoms. The molecule has 1 N–H and O–H groups in total. The van der Waals surface area contributed by atoms with E-state index < -0.39 is 0 Å². The van der Waals surface area contributed by atoms with E-state index in [9.17, 15) is 4.79 Å². The van der Waals surface area contributed by atoms with Gasteiger partial charge in [-0.25, -0.2) is 0 Å². The van der Waals surface area contributed by atoms with Crippen molar-refractivity contribution in [3.8, 4) is 0 Å². The van der Waals surface area contributed by atoms with Crippen LogP contribution < -0.4 is 5.32 Å². The minimum absolute atomic E-state index is 0.00260. The highest BCUT2D eigenvalue weighted by molar-refractivity contribution is 7.10. The van der Waals surface area contributed by atoms with Gasteiger partial charge in [0.15, 0.2) is 0 Å². The van der Waals surface area contributed by atoms with Crippen LogP contribution in [0.5, 0.6) is 0 Å². The molecule has 2 unspecified atom stereocenters. The molecular weight excluding hydrogens is 280 g/mol. The fraction of sp³-hybridized carbons (Fsp3) is 0.706. The van der Waals surface area contributed by atoms with Gasteiger partial charge in [0.25, 0.3) is 0 Å². The number of nitrogens with one attached hydrogen (secondary N) is 1. The van der Waals surface area contributed by atoms with Gasteiger partial charge >= 0.3 is 0 Å². The number of thiophene rings is 1. The zero-order valence-corrected chi connectivity index (χ0v) is 14.1. The van der Waals surface area contributed by atoms with Gasteiger partial charge in [0.2, 0.25) is 5.91 Å². The van der Waals surface area contributed by atoms with Gasteiger partial charge in [-0.1, -0.05) is 52.0 Å². The fourth-order valence-electron chi connectivity index (χ4n) is 2.96. The van der Waals surface area contributed by atoms with Crippen LogP contribution in [-0.4, -0.2) is 23.4 Å². The Morgan fingerprint density at radius 2 is 1.95 bits per heavy atom. The van der Waals surface area contributed by atoms with E-state index in [2.05, 4.69) is 41.6 Å². The number of hydrogen-bond donors (Lipinski definition) is 1. The van der Waals surface area contributed by atoms with Crippen LogP contribution >= 0.6 is 11.3 Å². The molecule has 2 heterocycles. The van der Waals surface area contributed by atoms with Crippen molar-refractivity contribution in [2.24, 2.45) is 0 Å². The van der Waals surface area contributed by atoms with Crippen molar-refractivity contribution in [2.75, 3.05) is 6.54 Å². The number of amides is 1. The van der Waals surface area contributed by atoms with Gasteiger partial charge in [0, 0.05) is 11.4 Å². The summed E-state index contributed by atoms with van der Waals surface area (Å²) in [6.45, 7) is 5.21. The Kier molecular flexibility index (Phi) is 6.71. The third kappa shape index (κ3) is 4.30. The summed E-state index contributed by atoms with van der Waals surface area (Å²) in [6.07, 6.45) is 8.56. The number of hydrogen-bond acceptors (Lipinski definition) is 3. The lowest BCUT2D eigenvalue weighted by molar-refractivity contribution is -0.130. The second kappa shape index (κ2) is 8.54. The maximum atomic E-state index is 12.5. The van der Waals surface area contributed by atoms with Crippen molar-refractivity contribution in [1.29, 1.82) is 0 Å². The van der Waals surface area contributed by atoms with E-state index in [1.54, 1.807) is 11.3 Å². The van der Waals surface area contributed by atoms with Crippen LogP contribution in [0.2, 0.25) is 0 Å². The first-order valence-corrected chi connectivity index (χ1v) is 9.25. The predicted molar refractivity (Wildman–Crippen MR) is 89.4 cm³/mol. The summed E-state index contributed by atoms with van der Waals surface area (Å²) in [5, 5.41) is 5.58. The number of unbranched alkanes of at least 4 members (excludes halogenated alkanes) is 5. The molecule has 0 bridgehead atoms. The van der Waals surface area contributed by atoms with E-state index in [-0.39, 0.29) is 18.1 Å². The lowest BCUT2D eigenvalue weighted by Crippen LogP contribution is -2.31. The molecule has 1 aromatic rings. The molecule has 1 aliphatic heterocycles. The highest BCUT2D eigenvalue weighted by Crippen LogP contribution is 2.29. The maximum absolute atomic E-state index is 12.5. The molecule has 4 heteroatoms. The van der Waals surface area contributed by atoms with Crippen LogP contribution in [0.1, 0.15) is 69.8 Å². The van der Waals surface area contributed by atoms with E-state index in [1.165, 1.54) is 37.0 Å². The normalized spacial score (nSPS) is 22.2. The molecule has 1 aliphatic rings. The van der Waals surface area contributed by atoms with Gasteiger partial charge in [-0.15, -0.1) is 11.3 Å². The monoisotopic (exact) mass is 308 g/mol. The van der Waals surface area contributed by atoms with Crippen LogP contribution in [0.4, 0.5) is 0 Å². The van der Waals surface area contributed by atoms with Gasteiger partial charge in [-0.2, -0.15) is 0 Å². The van der Waals surface area contributed by atoms with Crippen molar-refractivity contribution < 1.29 is 4.79 Å². The van der Waals surface area contributed by atoms with Crippen molar-refractivity contribution in [3.63, 3.8) is 0 Å². The molecule has 3 nitrogen and oxygen atoms in total. The number of carbonyl (C=O) groups is 1. The molecule has 118 valence electrons. The summed E-state index contributed by atoms with van der Waals surface area (Å²) >= 11 is 1.73. The Morgan fingerprint density at radius 1 is 1.19 bits per heavy atom. The molecule has 0 radical (unpaired) electrons. The molecule has 0 spiro atoms. The van der Waals surface area contributed by atoms with Crippen LogP contribution in [0, 0.1) is 0 Å². The molecular formula is C17H28N2OS. The molecule has 0 saturated carbocycles. The topological polar surface area (TPSA) is 32.3 Å². The molecule has 1 amide bonds. The summed E-state index contributed by atoms with van der Waals surface area (Å²) in [5.41, 5.74) is 0. The van der Waals surface area contributed by atoms with Crippen LogP contribution in [-0.2, 0) is 4.79 Å². The summed E-state index contributed by atoms with van der Waals surface area (Å²) in [4.78, 5) is 15.8. The van der Waals surface area contributed by atoms with Gasteiger partial charge in [0.1, 0.15) is 6.17 Å². The number of carbonyl (C=O) groups excluding carboxylic acids is 1. The number of rotatable bonds is 9. The summed E-state index contributed by atoms with van der Waals surface area (Å²) < 4.78 is 0. The Bertz CT molecular complexity index is 418. The minimum atomic E-state index is -0.00260. The molecule has 1 aromatic heterocycles. The molecule has 1 saturated heterocycles. The Labute approximate surface area is 132 Å². The molecule has 1 fully saturated rings. The largest absolute Gasteiger partial charge is 0.321 e. The van der Waals surface area contributed by atoms with Crippen molar-refractivity contribution in [3.05, 3.63) is 22.4 Å². The highest BCUT2D eigenvalue weighted by atomic mass is 32.1. The Hall–Kier alpha value is -0.870. The predicted octanol–water partition coefficient (Wildman–Crippen LogP) is 4.32. The quantitative estimate of drug-likeness (QED) is 0.689. The van der Waals surface area contributed by atoms with E-state index >= 15 is 0 Å². The average Bonchev–Trinajstić information content (AvgIpc) is 3.11. The zero-order valence-electron chi connectivity index (χ0n) is 13.3. The summed E-state index contributed by atoms with van der Waals surface area (Å²) in [7, 11) is 0. The second-order valence-corrected chi connectivity index (χ2v) is 6.82. The first-order chi connectivity index (χ1) is 10.3. The zero-order chi connectivity index (χ0) is 15.1. The van der Waals surface area contributed by atoms with Gasteiger partial charge in [-0.3, -0.25) is 10.1 Å². The van der Waals surface area contributed by atoms with E-state index in [4.69, 9.17) is 0 Å². The first kappa shape index (κ1) is 16.5. The molecule has 0 aliphatic carbocycles. The lowest BCUT2D eigenvalue weighted by Gasteiger charge is -2.23. The third-order valence-electron chi connectivity index (χ3n) is 4.23. The molecule has 0 aromatic carbocycles. The van der Waals surface area contributed by atoms with E-state index in [0.717, 1.165) is 19.4 Å². The minimum Gasteiger partial charge on any atom is -0.321 e. The SMILES string of the molecule is CCCCCCCCN1C(=O)C(CC)NC1c1cccs1. The average molecular weight is 308 g/mol. The van der Waals surface area contributed by atoms with Crippen LogP contribution in [0.15, 0.2) is 17.5 Å². The number of nitrogens with zero attached hydrogens (tertiary/aromatic N) is 1. The van der Waals surface area contributed by atoms with Gasteiger partial charge in [0.05, 0.1) is 6.04 Å². The van der Waals surface area contributed by atoms with E-state index in [1.807, 2.05) is 0 Å². The summed E-state index contributed by atoms with van der Waals surface area (Å²) in [5.74, 6) is 0.282. The third-order valence-corrected chi connectivity index (χ3v) is 5.15. The van der Waals surface area contributed by atoms with Crippen molar-refractivity contribution in [1.82, 2.24) is 10.2 Å². The smallest absolute Gasteiger partial charge is 0.241 e. The van der Waals surface area contributed by atoms with Crippen molar-refractivity contribution >= 4 is 17.2 Å². The van der Waals surface area contributed by atoms with E-state index in [0.29, 0.717) is 0 Å². The van der Waals surface area contributed by atoms with Gasteiger partial charge < -0.3 is 4.90 Å². The molecule has 2 rings (SSSR count). The first-order valence-electron chi connectivity index (χ1n) is 8.37. The van der Waals surface area contributed by atoms with Crippen LogP contribution in [0.25, 0.3) is 0 Å². The van der Waals surface area contributed by atoms with Gasteiger partial charge in [-0.05, 0) is 24.3 Å². The Morgan fingerprint density at radius 3 is 2.62 bits per heavy atom. The highest BCUT2D eigenvalue weighted by Gasteiger charge is 2.38. The fourth-order valence-corrected chi connectivity index (χ4v) is 3.75. The summed E-state index contributed by atoms with van der Waals surface area (Å²) in [6, 6.07) is 4.19. The Balaban J connectivity index is 1.86. The lowest BCUT2D eigenvalue weighted by atomic mass is 10.1. The second-order valence-electron chi connectivity index (χ2n) is 5.84. The maximum Gasteiger partial charge on any atom is 0.241 e. The molecule has 2 atom stereocenters. The van der Waals surface area contributed by atoms with Crippen molar-refractivity contribution in [2.45, 2.75) is 71.0 Å².